The number of hydrogen-bond acceptors (Lipinski definition) is 11. The van der Waals surface area contributed by atoms with Gasteiger partial charge in [-0.3, -0.25) is 10.1 Å². The standard InChI is InChI=1S/C17H16N2O9S/c1-25-16(21)13-9(14(17(22)26-2)29-15(13)18)7-28-12(20)8-27-11-6-4-3-5-10(11)19(23)24/h3-6H,7-8,18H2,1-2H3. The van der Waals surface area contributed by atoms with E-state index in [-0.39, 0.29) is 32.4 Å². The Kier molecular flexibility index (Phi) is 7.09. The van der Waals surface area contributed by atoms with Crippen molar-refractivity contribution in [3.8, 4) is 5.75 Å². The predicted molar refractivity (Wildman–Crippen MR) is 99.8 cm³/mol. The zero-order valence-electron chi connectivity index (χ0n) is 15.3. The van der Waals surface area contributed by atoms with Gasteiger partial charge in [-0.1, -0.05) is 12.1 Å². The maximum absolute atomic E-state index is 12.0. The highest BCUT2D eigenvalue weighted by molar-refractivity contribution is 7.18. The van der Waals surface area contributed by atoms with Crippen LogP contribution in [-0.2, 0) is 25.6 Å². The number of anilines is 1. The number of carbonyl (C=O) groups is 3. The van der Waals surface area contributed by atoms with E-state index in [4.69, 9.17) is 15.2 Å². The summed E-state index contributed by atoms with van der Waals surface area (Å²) in [4.78, 5) is 46.2. The molecule has 0 aliphatic carbocycles. The Morgan fingerprint density at radius 3 is 2.41 bits per heavy atom. The number of ether oxygens (including phenoxy) is 4. The van der Waals surface area contributed by atoms with Crippen LogP contribution < -0.4 is 10.5 Å². The van der Waals surface area contributed by atoms with Crippen LogP contribution in [0.15, 0.2) is 24.3 Å². The molecule has 0 saturated carbocycles. The lowest BCUT2D eigenvalue weighted by molar-refractivity contribution is -0.385. The molecule has 0 aliphatic rings. The van der Waals surface area contributed by atoms with Gasteiger partial charge in [-0.2, -0.15) is 0 Å². The minimum absolute atomic E-state index is 0.000501. The number of para-hydroxylation sites is 2. The fourth-order valence-electron chi connectivity index (χ4n) is 2.27. The van der Waals surface area contributed by atoms with Crippen LogP contribution in [0, 0.1) is 10.1 Å². The van der Waals surface area contributed by atoms with Gasteiger partial charge in [0.15, 0.2) is 12.4 Å². The minimum Gasteiger partial charge on any atom is -0.475 e. The highest BCUT2D eigenvalue weighted by Gasteiger charge is 2.28. The number of methoxy groups -OCH3 is 2. The van der Waals surface area contributed by atoms with Crippen LogP contribution in [0.25, 0.3) is 0 Å². The number of nitrogen functional groups attached to an aromatic ring is 1. The van der Waals surface area contributed by atoms with Crippen molar-refractivity contribution in [3.05, 3.63) is 50.4 Å². The van der Waals surface area contributed by atoms with Crippen LogP contribution in [-0.4, -0.2) is 43.7 Å². The number of carbonyl (C=O) groups excluding carboxylic acids is 3. The number of thiophene rings is 1. The average Bonchev–Trinajstić information content (AvgIpc) is 3.05. The summed E-state index contributed by atoms with van der Waals surface area (Å²) in [5.41, 5.74) is 5.39. The summed E-state index contributed by atoms with van der Waals surface area (Å²) in [5, 5.41) is 10.9. The van der Waals surface area contributed by atoms with Crippen molar-refractivity contribution in [1.82, 2.24) is 0 Å². The van der Waals surface area contributed by atoms with Crippen LogP contribution >= 0.6 is 11.3 Å². The molecular weight excluding hydrogens is 408 g/mol. The van der Waals surface area contributed by atoms with E-state index in [9.17, 15) is 24.5 Å². The molecule has 0 fully saturated rings. The number of benzene rings is 1. The minimum atomic E-state index is -0.889. The molecule has 12 heteroatoms. The molecule has 1 aromatic carbocycles. The van der Waals surface area contributed by atoms with Gasteiger partial charge in [0.25, 0.3) is 0 Å². The van der Waals surface area contributed by atoms with Gasteiger partial charge in [-0.25, -0.2) is 14.4 Å². The van der Waals surface area contributed by atoms with Gasteiger partial charge >= 0.3 is 23.6 Å². The number of nitro benzene ring substituents is 1. The maximum Gasteiger partial charge on any atom is 0.348 e. The third kappa shape index (κ3) is 4.99. The second kappa shape index (κ2) is 9.50. The zero-order chi connectivity index (χ0) is 21.6. The molecule has 0 aliphatic heterocycles. The third-order valence-corrected chi connectivity index (χ3v) is 4.62. The van der Waals surface area contributed by atoms with Gasteiger partial charge in [0.1, 0.15) is 22.0 Å². The molecule has 0 radical (unpaired) electrons. The van der Waals surface area contributed by atoms with E-state index in [0.29, 0.717) is 0 Å². The summed E-state index contributed by atoms with van der Waals surface area (Å²) in [6, 6.07) is 5.51. The molecule has 11 nitrogen and oxygen atoms in total. The Morgan fingerprint density at radius 2 is 1.79 bits per heavy atom. The van der Waals surface area contributed by atoms with E-state index in [1.807, 2.05) is 0 Å². The summed E-state index contributed by atoms with van der Waals surface area (Å²) in [7, 11) is 2.28. The highest BCUT2D eigenvalue weighted by Crippen LogP contribution is 2.33. The van der Waals surface area contributed by atoms with Crippen LogP contribution in [0.4, 0.5) is 10.7 Å². The molecule has 2 N–H and O–H groups in total. The summed E-state index contributed by atoms with van der Waals surface area (Å²) in [6.45, 7) is -1.12. The Balaban J connectivity index is 2.13. The van der Waals surface area contributed by atoms with Gasteiger partial charge < -0.3 is 24.7 Å². The molecular formula is C17H16N2O9S. The first kappa shape index (κ1) is 21.6. The summed E-state index contributed by atoms with van der Waals surface area (Å²) in [5.74, 6) is -2.57. The Morgan fingerprint density at radius 1 is 1.14 bits per heavy atom. The third-order valence-electron chi connectivity index (χ3n) is 3.58. The van der Waals surface area contributed by atoms with Crippen molar-refractivity contribution < 1.29 is 38.3 Å². The number of nitrogens with two attached hydrogens (primary N) is 1. The number of hydrogen-bond donors (Lipinski definition) is 1. The van der Waals surface area contributed by atoms with E-state index >= 15 is 0 Å². The second-order valence-corrected chi connectivity index (χ2v) is 6.36. The first-order chi connectivity index (χ1) is 13.8. The number of rotatable bonds is 8. The smallest absolute Gasteiger partial charge is 0.348 e. The fraction of sp³-hybridized carbons (Fsp3) is 0.235. The molecule has 0 spiro atoms. The molecule has 1 aromatic heterocycles. The van der Waals surface area contributed by atoms with Gasteiger partial charge in [0.05, 0.1) is 19.1 Å². The molecule has 1 heterocycles. The SMILES string of the molecule is COC(=O)c1sc(N)c(C(=O)OC)c1COC(=O)COc1ccccc1[N+](=O)[O-]. The van der Waals surface area contributed by atoms with Crippen molar-refractivity contribution >= 4 is 39.9 Å². The summed E-state index contributed by atoms with van der Waals surface area (Å²) in [6.07, 6.45) is 0. The Labute approximate surface area is 168 Å². The van der Waals surface area contributed by atoms with E-state index in [1.165, 1.54) is 24.3 Å². The largest absolute Gasteiger partial charge is 0.475 e. The topological polar surface area (TPSA) is 157 Å². The monoisotopic (exact) mass is 424 g/mol. The lowest BCUT2D eigenvalue weighted by atomic mass is 10.1. The van der Waals surface area contributed by atoms with Gasteiger partial charge in [-0.15, -0.1) is 11.3 Å². The van der Waals surface area contributed by atoms with Crippen LogP contribution in [0.1, 0.15) is 25.6 Å². The lowest BCUT2D eigenvalue weighted by Gasteiger charge is -2.09. The summed E-state index contributed by atoms with van der Waals surface area (Å²) >= 11 is 0.789. The lowest BCUT2D eigenvalue weighted by Crippen LogP contribution is -2.17. The first-order valence-corrected chi connectivity index (χ1v) is 8.71. The Bertz CT molecular complexity index is 954. The Hall–Kier alpha value is -3.67. The molecule has 2 aromatic rings. The van der Waals surface area contributed by atoms with E-state index < -0.39 is 36.0 Å². The normalized spacial score (nSPS) is 10.1. The first-order valence-electron chi connectivity index (χ1n) is 7.89. The highest BCUT2D eigenvalue weighted by atomic mass is 32.1. The van der Waals surface area contributed by atoms with Crippen LogP contribution in [0.5, 0.6) is 5.75 Å². The van der Waals surface area contributed by atoms with E-state index in [2.05, 4.69) is 9.47 Å². The average molecular weight is 424 g/mol. The summed E-state index contributed by atoms with van der Waals surface area (Å²) < 4.78 is 19.4. The molecule has 29 heavy (non-hydrogen) atoms. The van der Waals surface area contributed by atoms with Crippen molar-refractivity contribution in [1.29, 1.82) is 0 Å². The molecule has 0 unspecified atom stereocenters. The quantitative estimate of drug-likeness (QED) is 0.287. The number of nitrogens with zero attached hydrogens (tertiary/aromatic N) is 1. The molecule has 0 saturated heterocycles. The van der Waals surface area contributed by atoms with Crippen molar-refractivity contribution in [2.75, 3.05) is 26.6 Å². The second-order valence-electron chi connectivity index (χ2n) is 5.31. The van der Waals surface area contributed by atoms with E-state index in [1.54, 1.807) is 0 Å². The van der Waals surface area contributed by atoms with Crippen molar-refractivity contribution in [2.24, 2.45) is 0 Å². The number of esters is 3. The van der Waals surface area contributed by atoms with Gasteiger partial charge in [0.2, 0.25) is 0 Å². The maximum atomic E-state index is 12.0. The molecule has 0 bridgehead atoms. The molecule has 0 atom stereocenters. The zero-order valence-corrected chi connectivity index (χ0v) is 16.1. The van der Waals surface area contributed by atoms with Crippen molar-refractivity contribution in [3.63, 3.8) is 0 Å². The number of nitro groups is 1. The van der Waals surface area contributed by atoms with E-state index in [0.717, 1.165) is 25.6 Å². The van der Waals surface area contributed by atoms with Crippen molar-refractivity contribution in [2.45, 2.75) is 6.61 Å². The fourth-order valence-corrected chi connectivity index (χ4v) is 3.25. The van der Waals surface area contributed by atoms with Crippen LogP contribution in [0.3, 0.4) is 0 Å². The predicted octanol–water partition coefficient (Wildman–Crippen LogP) is 1.93. The van der Waals surface area contributed by atoms with Crippen LogP contribution in [0.2, 0.25) is 0 Å². The molecule has 2 rings (SSSR count). The molecule has 0 amide bonds. The van der Waals surface area contributed by atoms with Gasteiger partial charge in [-0.05, 0) is 6.07 Å². The molecule has 154 valence electrons. The van der Waals surface area contributed by atoms with Gasteiger partial charge in [0, 0.05) is 11.6 Å².